The van der Waals surface area contributed by atoms with E-state index in [1.807, 2.05) is 19.0 Å². The molecule has 1 amide bonds. The molecule has 0 heterocycles. The highest BCUT2D eigenvalue weighted by Crippen LogP contribution is 2.37. The van der Waals surface area contributed by atoms with Crippen LogP contribution in [-0.4, -0.2) is 55.3 Å². The normalized spacial score (nSPS) is 28.1. The Kier molecular flexibility index (Phi) is 6.68. The maximum absolute atomic E-state index is 12.4. The van der Waals surface area contributed by atoms with Crippen molar-refractivity contribution in [3.8, 4) is 0 Å². The summed E-state index contributed by atoms with van der Waals surface area (Å²) in [6.45, 7) is 1.01. The van der Waals surface area contributed by atoms with Crippen LogP contribution >= 0.6 is 12.4 Å². The van der Waals surface area contributed by atoms with Crippen LogP contribution in [0.25, 0.3) is 0 Å². The van der Waals surface area contributed by atoms with E-state index < -0.39 is 23.5 Å². The minimum Gasteiger partial charge on any atom is -0.354 e. The summed E-state index contributed by atoms with van der Waals surface area (Å²) in [7, 11) is 3.74. The van der Waals surface area contributed by atoms with E-state index in [1.54, 1.807) is 0 Å². The number of likely N-dealkylation sites (N-methyl/N-ethyl adjacent to an activating group) is 1. The fourth-order valence-corrected chi connectivity index (χ4v) is 3.23. The lowest BCUT2D eigenvalue weighted by molar-refractivity contribution is -0.151. The maximum atomic E-state index is 12.4. The first kappa shape index (κ1) is 18.8. The van der Waals surface area contributed by atoms with Gasteiger partial charge in [0.05, 0.1) is 5.92 Å². The largest absolute Gasteiger partial charge is 0.354 e. The van der Waals surface area contributed by atoms with Gasteiger partial charge in [-0.05, 0) is 32.9 Å². The Hall–Kier alpha value is -1.27. The van der Waals surface area contributed by atoms with Crippen molar-refractivity contribution in [2.45, 2.75) is 25.7 Å². The molecule has 0 aromatic heterocycles. The molecule has 2 saturated carbocycles. The van der Waals surface area contributed by atoms with Crippen LogP contribution in [0.2, 0.25) is 0 Å². The van der Waals surface area contributed by atoms with Crippen LogP contribution in [0.5, 0.6) is 0 Å². The highest BCUT2D eigenvalue weighted by Gasteiger charge is 2.50. The van der Waals surface area contributed by atoms with Crippen molar-refractivity contribution >= 4 is 35.7 Å². The van der Waals surface area contributed by atoms with Gasteiger partial charge in [0.25, 0.3) is 0 Å². The van der Waals surface area contributed by atoms with Crippen LogP contribution in [0.3, 0.4) is 0 Å². The molecule has 0 bridgehead atoms. The van der Waals surface area contributed by atoms with E-state index in [9.17, 15) is 19.2 Å². The van der Waals surface area contributed by atoms with E-state index in [4.69, 9.17) is 0 Å². The molecule has 0 aromatic carbocycles. The zero-order valence-corrected chi connectivity index (χ0v) is 13.8. The number of hydrogen-bond acceptors (Lipinski definition) is 5. The van der Waals surface area contributed by atoms with Crippen LogP contribution in [0.15, 0.2) is 0 Å². The molecule has 3 atom stereocenters. The lowest BCUT2D eigenvalue weighted by Gasteiger charge is -2.35. The van der Waals surface area contributed by atoms with Gasteiger partial charge in [-0.15, -0.1) is 12.4 Å². The second-order valence-electron chi connectivity index (χ2n) is 6.20. The number of ketones is 3. The fraction of sp³-hybridized carbons (Fsp3) is 0.733. The predicted octanol–water partition coefficient (Wildman–Crippen LogP) is 0.229. The van der Waals surface area contributed by atoms with Gasteiger partial charge in [0.2, 0.25) is 5.91 Å². The topological polar surface area (TPSA) is 83.6 Å². The molecule has 124 valence electrons. The van der Waals surface area contributed by atoms with Crippen molar-refractivity contribution < 1.29 is 19.2 Å². The second-order valence-corrected chi connectivity index (χ2v) is 6.20. The number of fused-ring (bicyclic) bond motifs is 1. The molecule has 7 heteroatoms. The molecule has 0 aliphatic heterocycles. The van der Waals surface area contributed by atoms with Crippen molar-refractivity contribution in [1.82, 2.24) is 10.2 Å². The van der Waals surface area contributed by atoms with Gasteiger partial charge in [-0.1, -0.05) is 0 Å². The average molecular weight is 331 g/mol. The Morgan fingerprint density at radius 2 is 1.91 bits per heavy atom. The second kappa shape index (κ2) is 7.83. The zero-order valence-electron chi connectivity index (χ0n) is 13.0. The van der Waals surface area contributed by atoms with Crippen LogP contribution in [-0.2, 0) is 19.2 Å². The number of amides is 1. The van der Waals surface area contributed by atoms with Gasteiger partial charge in [0.15, 0.2) is 17.5 Å². The van der Waals surface area contributed by atoms with Gasteiger partial charge in [-0.2, -0.15) is 0 Å². The minimum absolute atomic E-state index is 0. The maximum Gasteiger partial charge on any atom is 0.238 e. The Morgan fingerprint density at radius 3 is 2.55 bits per heavy atom. The van der Waals surface area contributed by atoms with Crippen LogP contribution in [0.4, 0.5) is 0 Å². The van der Waals surface area contributed by atoms with Gasteiger partial charge >= 0.3 is 0 Å². The molecule has 22 heavy (non-hydrogen) atoms. The smallest absolute Gasteiger partial charge is 0.238 e. The minimum atomic E-state index is -1.28. The van der Waals surface area contributed by atoms with Crippen molar-refractivity contribution in [3.63, 3.8) is 0 Å². The molecule has 2 fully saturated rings. The molecule has 1 N–H and O–H groups in total. The zero-order chi connectivity index (χ0) is 15.6. The number of carbonyl (C=O) groups is 4. The molecule has 3 unspecified atom stereocenters. The number of halogens is 1. The molecule has 2 aliphatic rings. The SMILES string of the molecule is CN(C)CCNC(=O)C1C(=O)CC2CCCC(=O)C2C1=O.Cl. The van der Waals surface area contributed by atoms with E-state index in [2.05, 4.69) is 5.32 Å². The molecule has 0 radical (unpaired) electrons. The third-order valence-electron chi connectivity index (χ3n) is 4.31. The van der Waals surface area contributed by atoms with Crippen LogP contribution in [0, 0.1) is 17.8 Å². The molecule has 0 saturated heterocycles. The fourth-order valence-electron chi connectivity index (χ4n) is 3.23. The monoisotopic (exact) mass is 330 g/mol. The number of carbonyl (C=O) groups excluding carboxylic acids is 4. The Balaban J connectivity index is 0.00000242. The summed E-state index contributed by atoms with van der Waals surface area (Å²) in [5.74, 6) is -3.67. The predicted molar refractivity (Wildman–Crippen MR) is 82.8 cm³/mol. The molecule has 0 aromatic rings. The van der Waals surface area contributed by atoms with Gasteiger partial charge < -0.3 is 10.2 Å². The summed E-state index contributed by atoms with van der Waals surface area (Å²) in [5.41, 5.74) is 0. The average Bonchev–Trinajstić information content (AvgIpc) is 2.37. The molecule has 6 nitrogen and oxygen atoms in total. The number of nitrogens with zero attached hydrogens (tertiary/aromatic N) is 1. The van der Waals surface area contributed by atoms with Gasteiger partial charge in [0, 0.05) is 25.9 Å². The van der Waals surface area contributed by atoms with E-state index in [1.165, 1.54) is 0 Å². The summed E-state index contributed by atoms with van der Waals surface area (Å²) < 4.78 is 0. The number of Topliss-reactive ketones (excluding diaryl/α,β-unsaturated/α-hetero) is 3. The highest BCUT2D eigenvalue weighted by molar-refractivity contribution is 6.25. The quantitative estimate of drug-likeness (QED) is 0.746. The van der Waals surface area contributed by atoms with E-state index in [-0.39, 0.29) is 36.3 Å². The lowest BCUT2D eigenvalue weighted by Crippen LogP contribution is -2.52. The molecule has 2 rings (SSSR count). The summed E-state index contributed by atoms with van der Waals surface area (Å²) in [6.07, 6.45) is 2.02. The summed E-state index contributed by atoms with van der Waals surface area (Å²) in [5, 5.41) is 2.62. The van der Waals surface area contributed by atoms with E-state index >= 15 is 0 Å². The number of hydrogen-bond donors (Lipinski definition) is 1. The number of rotatable bonds is 4. The summed E-state index contributed by atoms with van der Waals surface area (Å²) >= 11 is 0. The van der Waals surface area contributed by atoms with Crippen molar-refractivity contribution in [1.29, 1.82) is 0 Å². The molecule has 0 spiro atoms. The molecular formula is C15H23ClN2O4. The molecule has 2 aliphatic carbocycles. The first-order valence-electron chi connectivity index (χ1n) is 7.43. The molecular weight excluding hydrogens is 308 g/mol. The van der Waals surface area contributed by atoms with Crippen LogP contribution in [0.1, 0.15) is 25.7 Å². The third kappa shape index (κ3) is 3.93. The highest BCUT2D eigenvalue weighted by atomic mass is 35.5. The van der Waals surface area contributed by atoms with Crippen LogP contribution < -0.4 is 5.32 Å². The van der Waals surface area contributed by atoms with E-state index in [0.717, 1.165) is 12.8 Å². The number of nitrogens with one attached hydrogen (secondary N) is 1. The first-order valence-corrected chi connectivity index (χ1v) is 7.43. The van der Waals surface area contributed by atoms with Gasteiger partial charge in [-0.25, -0.2) is 0 Å². The van der Waals surface area contributed by atoms with Crippen molar-refractivity contribution in [2.24, 2.45) is 17.8 Å². The van der Waals surface area contributed by atoms with E-state index in [0.29, 0.717) is 19.5 Å². The first-order chi connectivity index (χ1) is 9.91. The lowest BCUT2D eigenvalue weighted by atomic mass is 9.65. The summed E-state index contributed by atoms with van der Waals surface area (Å²) in [4.78, 5) is 50.4. The summed E-state index contributed by atoms with van der Waals surface area (Å²) in [6, 6.07) is 0. The van der Waals surface area contributed by atoms with Crippen molar-refractivity contribution in [2.75, 3.05) is 27.2 Å². The van der Waals surface area contributed by atoms with Gasteiger partial charge in [-0.3, -0.25) is 19.2 Å². The standard InChI is InChI=1S/C15H22N2O4.ClH/c1-17(2)7-6-16-15(21)13-11(19)8-9-4-3-5-10(18)12(9)14(13)20;/h9,12-13H,3-8H2,1-2H3,(H,16,21);1H. The van der Waals surface area contributed by atoms with Crippen molar-refractivity contribution in [3.05, 3.63) is 0 Å². The Morgan fingerprint density at radius 1 is 1.23 bits per heavy atom. The Labute approximate surface area is 136 Å². The Bertz CT molecular complexity index is 478. The third-order valence-corrected chi connectivity index (χ3v) is 4.31. The van der Waals surface area contributed by atoms with Gasteiger partial charge in [0.1, 0.15) is 5.78 Å².